The van der Waals surface area contributed by atoms with E-state index in [4.69, 9.17) is 5.11 Å². The molecule has 0 saturated heterocycles. The number of hydrogen-bond acceptors (Lipinski definition) is 3. The molecule has 1 N–H and O–H groups in total. The van der Waals surface area contributed by atoms with E-state index in [1.165, 1.54) is 57.8 Å². The second-order valence-corrected chi connectivity index (χ2v) is 5.51. The average molecular weight is 278 g/mol. The Balaban J connectivity index is 0. The van der Waals surface area contributed by atoms with Crippen LogP contribution in [0.2, 0.25) is 0 Å². The summed E-state index contributed by atoms with van der Waals surface area (Å²) in [6.45, 7) is 2.24. The van der Waals surface area contributed by atoms with Gasteiger partial charge in [0, 0.05) is 0 Å². The monoisotopic (exact) mass is 278 g/mol. The Kier molecular flexibility index (Phi) is 19.1. The molecule has 0 aromatic heterocycles. The molecule has 0 amide bonds. The molecule has 0 aliphatic heterocycles. The van der Waals surface area contributed by atoms with Crippen LogP contribution in [0.15, 0.2) is 0 Å². The van der Waals surface area contributed by atoms with Gasteiger partial charge in [0.05, 0.1) is 12.1 Å². The van der Waals surface area contributed by atoms with E-state index in [9.17, 15) is 9.90 Å². The molecule has 0 saturated carbocycles. The minimum absolute atomic E-state index is 0. The van der Waals surface area contributed by atoms with Crippen molar-refractivity contribution in [3.63, 3.8) is 0 Å². The number of aliphatic hydroxyl groups is 1. The molecule has 0 radical (unpaired) electrons. The van der Waals surface area contributed by atoms with Gasteiger partial charge in [-0.1, -0.05) is 84.0 Å². The molecule has 20 heavy (non-hydrogen) atoms. The van der Waals surface area contributed by atoms with Gasteiger partial charge in [0.15, 0.2) is 0 Å². The van der Waals surface area contributed by atoms with Crippen LogP contribution in [0.5, 0.6) is 0 Å². The van der Waals surface area contributed by atoms with E-state index in [1.54, 1.807) is 0 Å². The second kappa shape index (κ2) is 17.1. The zero-order chi connectivity index (χ0) is 14.3. The molecule has 0 bridgehead atoms. The number of carbonyl (C=O) groups excluding carboxylic acids is 1. The summed E-state index contributed by atoms with van der Waals surface area (Å²) in [7, 11) is 0. The fourth-order valence-corrected chi connectivity index (χ4v) is 2.30. The molecule has 0 heterocycles. The summed E-state index contributed by atoms with van der Waals surface area (Å²) < 4.78 is 0. The SMILES string of the molecule is CCCCCCCCCCCCCCC(O)C(=O)[O-].[Li+]. The van der Waals surface area contributed by atoms with Crippen LogP contribution in [0.4, 0.5) is 0 Å². The first-order valence-corrected chi connectivity index (χ1v) is 8.07. The number of carboxylic acid groups (broad SMARTS) is 1. The van der Waals surface area contributed by atoms with E-state index in [0.29, 0.717) is 6.42 Å². The molecule has 0 aliphatic carbocycles. The topological polar surface area (TPSA) is 60.4 Å². The average Bonchev–Trinajstić information content (AvgIpc) is 2.39. The van der Waals surface area contributed by atoms with E-state index in [1.807, 2.05) is 0 Å². The van der Waals surface area contributed by atoms with Crippen LogP contribution in [0.1, 0.15) is 90.4 Å². The van der Waals surface area contributed by atoms with Gasteiger partial charge in [-0.05, 0) is 6.42 Å². The van der Waals surface area contributed by atoms with Crippen molar-refractivity contribution in [1.82, 2.24) is 0 Å². The number of aliphatic hydroxyl groups excluding tert-OH is 1. The van der Waals surface area contributed by atoms with Gasteiger partial charge in [-0.25, -0.2) is 0 Å². The van der Waals surface area contributed by atoms with Gasteiger partial charge in [-0.2, -0.15) is 0 Å². The molecule has 0 rings (SSSR count). The summed E-state index contributed by atoms with van der Waals surface area (Å²) in [4.78, 5) is 10.3. The van der Waals surface area contributed by atoms with E-state index >= 15 is 0 Å². The van der Waals surface area contributed by atoms with E-state index < -0.39 is 12.1 Å². The largest absolute Gasteiger partial charge is 1.00 e. The van der Waals surface area contributed by atoms with Gasteiger partial charge >= 0.3 is 18.9 Å². The molecule has 114 valence electrons. The molecule has 0 spiro atoms. The summed E-state index contributed by atoms with van der Waals surface area (Å²) in [6.07, 6.45) is 14.0. The van der Waals surface area contributed by atoms with Crippen LogP contribution in [-0.2, 0) is 4.79 Å². The maximum Gasteiger partial charge on any atom is 1.00 e. The summed E-state index contributed by atoms with van der Waals surface area (Å²) in [6, 6.07) is 0. The zero-order valence-corrected chi connectivity index (χ0v) is 13.5. The molecule has 0 fully saturated rings. The third-order valence-corrected chi connectivity index (χ3v) is 3.60. The summed E-state index contributed by atoms with van der Waals surface area (Å²) >= 11 is 0. The van der Waals surface area contributed by atoms with Crippen molar-refractivity contribution in [2.24, 2.45) is 0 Å². The Labute approximate surface area is 136 Å². The fraction of sp³-hybridized carbons (Fsp3) is 0.938. The maximum atomic E-state index is 10.3. The Hall–Kier alpha value is 0.0274. The predicted molar refractivity (Wildman–Crippen MR) is 76.7 cm³/mol. The number of carbonyl (C=O) groups is 1. The molecular weight excluding hydrogens is 247 g/mol. The van der Waals surface area contributed by atoms with E-state index in [0.717, 1.165) is 19.3 Å². The van der Waals surface area contributed by atoms with Crippen LogP contribution >= 0.6 is 0 Å². The Bertz CT molecular complexity index is 210. The summed E-state index contributed by atoms with van der Waals surface area (Å²) in [5.41, 5.74) is 0. The third-order valence-electron chi connectivity index (χ3n) is 3.60. The summed E-state index contributed by atoms with van der Waals surface area (Å²) in [5, 5.41) is 19.3. The van der Waals surface area contributed by atoms with Crippen molar-refractivity contribution in [2.45, 2.75) is 96.5 Å². The quantitative estimate of drug-likeness (QED) is 0.364. The second-order valence-electron chi connectivity index (χ2n) is 5.51. The zero-order valence-electron chi connectivity index (χ0n) is 13.5. The third kappa shape index (κ3) is 16.1. The molecular formula is C16H31LiO3. The number of unbranched alkanes of at least 4 members (excludes halogenated alkanes) is 11. The van der Waals surface area contributed by atoms with Gasteiger partial charge in [0.1, 0.15) is 0 Å². The van der Waals surface area contributed by atoms with Gasteiger partial charge < -0.3 is 15.0 Å². The minimum Gasteiger partial charge on any atom is -0.547 e. The fourth-order valence-electron chi connectivity index (χ4n) is 2.30. The molecule has 1 unspecified atom stereocenters. The summed E-state index contributed by atoms with van der Waals surface area (Å²) in [5.74, 6) is -1.34. The van der Waals surface area contributed by atoms with Crippen molar-refractivity contribution < 1.29 is 33.9 Å². The van der Waals surface area contributed by atoms with Crippen molar-refractivity contribution in [3.05, 3.63) is 0 Å². The van der Waals surface area contributed by atoms with E-state index in [2.05, 4.69) is 6.92 Å². The van der Waals surface area contributed by atoms with Crippen LogP contribution in [-0.4, -0.2) is 17.2 Å². The smallest absolute Gasteiger partial charge is 0.547 e. The first-order chi connectivity index (χ1) is 9.18. The first-order valence-electron chi connectivity index (χ1n) is 8.07. The molecule has 4 heteroatoms. The van der Waals surface area contributed by atoms with Crippen molar-refractivity contribution in [1.29, 1.82) is 0 Å². The minimum atomic E-state index is -1.34. The Morgan fingerprint density at radius 1 is 0.850 bits per heavy atom. The molecule has 3 nitrogen and oxygen atoms in total. The molecule has 0 aromatic carbocycles. The molecule has 0 aliphatic rings. The normalized spacial score (nSPS) is 11.9. The Morgan fingerprint density at radius 2 is 1.20 bits per heavy atom. The molecule has 1 atom stereocenters. The van der Waals surface area contributed by atoms with E-state index in [-0.39, 0.29) is 18.9 Å². The van der Waals surface area contributed by atoms with Gasteiger partial charge in [0.25, 0.3) is 0 Å². The number of carboxylic acids is 1. The van der Waals surface area contributed by atoms with Crippen LogP contribution < -0.4 is 24.0 Å². The molecule has 0 aromatic rings. The number of aliphatic carboxylic acids is 1. The van der Waals surface area contributed by atoms with Gasteiger partial charge in [0.2, 0.25) is 0 Å². The number of hydrogen-bond donors (Lipinski definition) is 1. The van der Waals surface area contributed by atoms with Crippen LogP contribution in [0.25, 0.3) is 0 Å². The van der Waals surface area contributed by atoms with Crippen LogP contribution in [0.3, 0.4) is 0 Å². The van der Waals surface area contributed by atoms with Gasteiger partial charge in [-0.3, -0.25) is 0 Å². The van der Waals surface area contributed by atoms with Crippen molar-refractivity contribution in [3.8, 4) is 0 Å². The first kappa shape index (κ1) is 22.3. The predicted octanol–water partition coefficient (Wildman–Crippen LogP) is 0.192. The van der Waals surface area contributed by atoms with Crippen molar-refractivity contribution >= 4 is 5.97 Å². The Morgan fingerprint density at radius 3 is 1.55 bits per heavy atom. The maximum absolute atomic E-state index is 10.3. The number of rotatable bonds is 14. The standard InChI is InChI=1S/C16H32O3.Li/c1-2-3-4-5-6-7-8-9-10-11-12-13-14-15(17)16(18)19;/h15,17H,2-14H2,1H3,(H,18,19);/q;+1/p-1. The van der Waals surface area contributed by atoms with Gasteiger partial charge in [-0.15, -0.1) is 0 Å². The van der Waals surface area contributed by atoms with Crippen LogP contribution in [0, 0.1) is 0 Å². The van der Waals surface area contributed by atoms with Crippen molar-refractivity contribution in [2.75, 3.05) is 0 Å².